The molecule has 0 saturated carbocycles. The zero-order chi connectivity index (χ0) is 14.2. The fraction of sp³-hybridized carbons (Fsp3) is 0.312. The number of methoxy groups -OCH3 is 1. The molecule has 20 heavy (non-hydrogen) atoms. The van der Waals surface area contributed by atoms with Crippen LogP contribution in [-0.4, -0.2) is 18.6 Å². The predicted octanol–water partition coefficient (Wildman–Crippen LogP) is 3.49. The van der Waals surface area contributed by atoms with E-state index in [2.05, 4.69) is 41.5 Å². The van der Waals surface area contributed by atoms with Crippen LogP contribution in [0.1, 0.15) is 18.2 Å². The van der Waals surface area contributed by atoms with Crippen molar-refractivity contribution in [3.05, 3.63) is 53.7 Å². The van der Waals surface area contributed by atoms with Gasteiger partial charge in [-0.2, -0.15) is 0 Å². The summed E-state index contributed by atoms with van der Waals surface area (Å²) in [7, 11) is 1.64. The van der Waals surface area contributed by atoms with Crippen LogP contribution in [0.4, 0.5) is 0 Å². The Morgan fingerprint density at radius 1 is 1.15 bits per heavy atom. The van der Waals surface area contributed by atoms with Crippen molar-refractivity contribution in [3.63, 3.8) is 0 Å². The lowest BCUT2D eigenvalue weighted by Crippen LogP contribution is -2.11. The van der Waals surface area contributed by atoms with Crippen LogP contribution in [0.5, 0.6) is 5.88 Å². The average Bonchev–Trinajstić information content (AvgIpc) is 2.52. The molecule has 106 valence electrons. The molecule has 0 aliphatic carbocycles. The minimum Gasteiger partial charge on any atom is -0.481 e. The number of hydrogen-bond donors (Lipinski definition) is 1. The molecular formula is C16H20N2OS. The van der Waals surface area contributed by atoms with E-state index < -0.39 is 0 Å². The topological polar surface area (TPSA) is 34.1 Å². The van der Waals surface area contributed by atoms with Gasteiger partial charge in [-0.15, -0.1) is 11.8 Å². The Morgan fingerprint density at radius 3 is 2.65 bits per heavy atom. The highest BCUT2D eigenvalue weighted by Crippen LogP contribution is 2.23. The molecule has 2 aromatic rings. The zero-order valence-electron chi connectivity index (χ0n) is 11.9. The molecule has 0 saturated heterocycles. The van der Waals surface area contributed by atoms with E-state index in [1.807, 2.05) is 18.2 Å². The van der Waals surface area contributed by atoms with Crippen LogP contribution in [0.2, 0.25) is 0 Å². The van der Waals surface area contributed by atoms with Gasteiger partial charge in [-0.05, 0) is 30.3 Å². The number of thioether (sulfide) groups is 1. The fourth-order valence-corrected chi connectivity index (χ4v) is 2.59. The maximum Gasteiger partial charge on any atom is 0.213 e. The van der Waals surface area contributed by atoms with Crippen molar-refractivity contribution in [3.8, 4) is 5.88 Å². The van der Waals surface area contributed by atoms with Gasteiger partial charge in [0.25, 0.3) is 0 Å². The molecule has 0 fully saturated rings. The molecule has 0 aliphatic heterocycles. The van der Waals surface area contributed by atoms with Gasteiger partial charge in [-0.1, -0.05) is 25.1 Å². The summed E-state index contributed by atoms with van der Waals surface area (Å²) in [5.41, 5.74) is 2.35. The van der Waals surface area contributed by atoms with Crippen molar-refractivity contribution in [1.29, 1.82) is 0 Å². The second kappa shape index (κ2) is 7.92. The second-order valence-electron chi connectivity index (χ2n) is 4.38. The van der Waals surface area contributed by atoms with Crippen LogP contribution < -0.4 is 10.1 Å². The van der Waals surface area contributed by atoms with E-state index in [1.54, 1.807) is 18.9 Å². The third kappa shape index (κ3) is 4.54. The van der Waals surface area contributed by atoms with E-state index in [4.69, 9.17) is 4.74 Å². The number of hydrogen-bond acceptors (Lipinski definition) is 4. The minimum atomic E-state index is 0.670. The summed E-state index contributed by atoms with van der Waals surface area (Å²) in [5, 5.41) is 3.32. The Kier molecular flexibility index (Phi) is 5.89. The van der Waals surface area contributed by atoms with Crippen molar-refractivity contribution in [1.82, 2.24) is 10.3 Å². The molecule has 0 amide bonds. The van der Waals surface area contributed by atoms with Crippen LogP contribution in [-0.2, 0) is 12.3 Å². The van der Waals surface area contributed by atoms with Crippen LogP contribution in [0.15, 0.2) is 47.4 Å². The highest BCUT2D eigenvalue weighted by atomic mass is 32.2. The number of ether oxygens (including phenoxy) is 1. The van der Waals surface area contributed by atoms with E-state index in [9.17, 15) is 0 Å². The molecule has 0 bridgehead atoms. The van der Waals surface area contributed by atoms with Crippen molar-refractivity contribution in [2.24, 2.45) is 0 Å². The molecular weight excluding hydrogens is 268 g/mol. The van der Waals surface area contributed by atoms with Crippen molar-refractivity contribution < 1.29 is 4.74 Å². The van der Waals surface area contributed by atoms with Gasteiger partial charge >= 0.3 is 0 Å². The highest BCUT2D eigenvalue weighted by molar-refractivity contribution is 7.98. The van der Waals surface area contributed by atoms with Gasteiger partial charge in [0.05, 0.1) is 12.8 Å². The Bertz CT molecular complexity index is 528. The summed E-state index contributed by atoms with van der Waals surface area (Å²) in [5.74, 6) is 1.52. The second-order valence-corrected chi connectivity index (χ2v) is 5.43. The van der Waals surface area contributed by atoms with Crippen LogP contribution in [0.3, 0.4) is 0 Å². The number of benzene rings is 1. The van der Waals surface area contributed by atoms with Crippen LogP contribution >= 0.6 is 11.8 Å². The van der Waals surface area contributed by atoms with Gasteiger partial charge in [-0.3, -0.25) is 0 Å². The van der Waals surface area contributed by atoms with E-state index in [0.717, 1.165) is 24.5 Å². The molecule has 1 N–H and O–H groups in total. The van der Waals surface area contributed by atoms with E-state index in [-0.39, 0.29) is 0 Å². The molecule has 1 aromatic heterocycles. The van der Waals surface area contributed by atoms with Crippen molar-refractivity contribution in [2.75, 3.05) is 13.7 Å². The molecule has 3 nitrogen and oxygen atoms in total. The van der Waals surface area contributed by atoms with Gasteiger partial charge in [-0.25, -0.2) is 4.98 Å². The Morgan fingerprint density at radius 2 is 1.95 bits per heavy atom. The Hall–Kier alpha value is -1.52. The normalized spacial score (nSPS) is 10.5. The third-order valence-corrected chi connectivity index (χ3v) is 3.93. The van der Waals surface area contributed by atoms with E-state index in [0.29, 0.717) is 5.88 Å². The van der Waals surface area contributed by atoms with Crippen molar-refractivity contribution >= 4 is 11.8 Å². The molecule has 0 unspecified atom stereocenters. The SMILES string of the molecule is CCNCc1ccc(SCc2cccc(OC)n2)cc1. The number of pyridine rings is 1. The van der Waals surface area contributed by atoms with E-state index in [1.165, 1.54) is 10.5 Å². The number of aromatic nitrogens is 1. The molecule has 0 atom stereocenters. The first-order valence-corrected chi connectivity index (χ1v) is 7.72. The van der Waals surface area contributed by atoms with Crippen LogP contribution in [0.25, 0.3) is 0 Å². The van der Waals surface area contributed by atoms with Gasteiger partial charge in [0.15, 0.2) is 0 Å². The maximum absolute atomic E-state index is 5.13. The average molecular weight is 288 g/mol. The first kappa shape index (κ1) is 14.9. The standard InChI is InChI=1S/C16H20N2OS/c1-3-17-11-13-7-9-15(10-8-13)20-12-14-5-4-6-16(18-14)19-2/h4-10,17H,3,11-12H2,1-2H3. The number of nitrogens with zero attached hydrogens (tertiary/aromatic N) is 1. The lowest BCUT2D eigenvalue weighted by molar-refractivity contribution is 0.397. The fourth-order valence-electron chi connectivity index (χ4n) is 1.78. The first-order chi connectivity index (χ1) is 9.81. The number of rotatable bonds is 7. The molecule has 1 heterocycles. The zero-order valence-corrected chi connectivity index (χ0v) is 12.7. The van der Waals surface area contributed by atoms with Gasteiger partial charge < -0.3 is 10.1 Å². The smallest absolute Gasteiger partial charge is 0.213 e. The summed E-state index contributed by atoms with van der Waals surface area (Å²) in [6, 6.07) is 14.5. The monoisotopic (exact) mass is 288 g/mol. The quantitative estimate of drug-likeness (QED) is 0.791. The highest BCUT2D eigenvalue weighted by Gasteiger charge is 2.00. The van der Waals surface area contributed by atoms with Gasteiger partial charge in [0.2, 0.25) is 5.88 Å². The minimum absolute atomic E-state index is 0.670. The summed E-state index contributed by atoms with van der Waals surface area (Å²) in [6.45, 7) is 4.04. The lowest BCUT2D eigenvalue weighted by Gasteiger charge is -2.05. The predicted molar refractivity (Wildman–Crippen MR) is 84.2 cm³/mol. The first-order valence-electron chi connectivity index (χ1n) is 6.74. The molecule has 0 spiro atoms. The third-order valence-electron chi connectivity index (χ3n) is 2.88. The summed E-state index contributed by atoms with van der Waals surface area (Å²) in [6.07, 6.45) is 0. The van der Waals surface area contributed by atoms with Gasteiger partial charge in [0.1, 0.15) is 0 Å². The largest absolute Gasteiger partial charge is 0.481 e. The van der Waals surface area contributed by atoms with E-state index >= 15 is 0 Å². The molecule has 0 radical (unpaired) electrons. The Balaban J connectivity index is 1.89. The maximum atomic E-state index is 5.13. The molecule has 1 aromatic carbocycles. The lowest BCUT2D eigenvalue weighted by atomic mass is 10.2. The Labute approximate surface area is 124 Å². The molecule has 4 heteroatoms. The van der Waals surface area contributed by atoms with Crippen molar-refractivity contribution in [2.45, 2.75) is 24.1 Å². The molecule has 0 aliphatic rings. The van der Waals surface area contributed by atoms with Crippen LogP contribution in [0, 0.1) is 0 Å². The van der Waals surface area contributed by atoms with Gasteiger partial charge in [0, 0.05) is 23.3 Å². The summed E-state index contributed by atoms with van der Waals surface area (Å²) < 4.78 is 5.13. The molecule has 2 rings (SSSR count). The summed E-state index contributed by atoms with van der Waals surface area (Å²) in [4.78, 5) is 5.67. The summed E-state index contributed by atoms with van der Waals surface area (Å²) >= 11 is 1.79. The number of nitrogens with one attached hydrogen (secondary N) is 1.